The van der Waals surface area contributed by atoms with Gasteiger partial charge >= 0.3 is 0 Å². The number of benzene rings is 2. The average Bonchev–Trinajstić information content (AvgIpc) is 3.33. The summed E-state index contributed by atoms with van der Waals surface area (Å²) < 4.78 is 33.4. The first kappa shape index (κ1) is 20.1. The highest BCUT2D eigenvalue weighted by molar-refractivity contribution is 7.89. The number of carbonyl (C=O) groups excluding carboxylic acids is 1. The van der Waals surface area contributed by atoms with Gasteiger partial charge in [-0.3, -0.25) is 4.79 Å². The second-order valence-corrected chi connectivity index (χ2v) is 8.58. The first-order chi connectivity index (χ1) is 14.5. The number of hydrogen-bond donors (Lipinski definition) is 1. The fourth-order valence-corrected chi connectivity index (χ4v) is 4.45. The molecule has 1 aliphatic rings. The molecule has 0 unspecified atom stereocenters. The Morgan fingerprint density at radius 1 is 1.03 bits per heavy atom. The van der Waals surface area contributed by atoms with Crippen LogP contribution >= 0.6 is 0 Å². The second-order valence-electron chi connectivity index (χ2n) is 6.64. The smallest absolute Gasteiger partial charge is 0.251 e. The normalized spacial score (nSPS) is 15.1. The maximum atomic E-state index is 12.6. The number of ether oxygens (including phenoxy) is 1. The molecular weight excluding hydrogens is 408 g/mol. The molecule has 2 heterocycles. The molecule has 156 valence electrons. The zero-order valence-corrected chi connectivity index (χ0v) is 16.8. The van der Waals surface area contributed by atoms with Gasteiger partial charge in [0.25, 0.3) is 5.91 Å². The minimum Gasteiger partial charge on any atom is -0.379 e. The fraction of sp³-hybridized carbons (Fsp3) is 0.263. The van der Waals surface area contributed by atoms with E-state index in [-0.39, 0.29) is 17.3 Å². The van der Waals surface area contributed by atoms with E-state index in [2.05, 4.69) is 20.8 Å². The van der Waals surface area contributed by atoms with Crippen molar-refractivity contribution in [3.05, 3.63) is 66.0 Å². The highest BCUT2D eigenvalue weighted by atomic mass is 32.2. The van der Waals surface area contributed by atoms with E-state index in [1.54, 1.807) is 48.5 Å². The molecule has 30 heavy (non-hydrogen) atoms. The van der Waals surface area contributed by atoms with Crippen LogP contribution in [0.25, 0.3) is 5.69 Å². The van der Waals surface area contributed by atoms with Gasteiger partial charge in [0, 0.05) is 25.2 Å². The summed E-state index contributed by atoms with van der Waals surface area (Å²) in [6.07, 6.45) is 1.47. The van der Waals surface area contributed by atoms with Crippen molar-refractivity contribution in [3.8, 4) is 5.69 Å². The van der Waals surface area contributed by atoms with Crippen LogP contribution in [0.1, 0.15) is 15.9 Å². The second kappa shape index (κ2) is 8.69. The van der Waals surface area contributed by atoms with Gasteiger partial charge in [0.2, 0.25) is 10.0 Å². The predicted octanol–water partition coefficient (Wildman–Crippen LogP) is 0.613. The van der Waals surface area contributed by atoms with Crippen LogP contribution in [0, 0.1) is 0 Å². The van der Waals surface area contributed by atoms with Crippen molar-refractivity contribution in [2.45, 2.75) is 11.4 Å². The first-order valence-electron chi connectivity index (χ1n) is 9.32. The Hall–Kier alpha value is -3.15. The van der Waals surface area contributed by atoms with E-state index in [0.29, 0.717) is 31.9 Å². The van der Waals surface area contributed by atoms with E-state index < -0.39 is 10.0 Å². The number of aromatic nitrogens is 4. The summed E-state index contributed by atoms with van der Waals surface area (Å²) in [5.41, 5.74) is 2.04. The topological polar surface area (TPSA) is 119 Å². The van der Waals surface area contributed by atoms with Crippen LogP contribution in [0.5, 0.6) is 0 Å². The standard InChI is InChI=1S/C19H20N6O4S/c26-19(16-3-5-17(6-4-16)25-14-21-22-23-25)20-13-15-1-7-18(8-2-15)30(27,28)24-9-11-29-12-10-24/h1-8,14H,9-13H2,(H,20,26). The van der Waals surface area contributed by atoms with Crippen molar-refractivity contribution in [1.29, 1.82) is 0 Å². The molecule has 1 saturated heterocycles. The van der Waals surface area contributed by atoms with Gasteiger partial charge < -0.3 is 10.1 Å². The van der Waals surface area contributed by atoms with Crippen LogP contribution in [0.4, 0.5) is 0 Å². The quantitative estimate of drug-likeness (QED) is 0.611. The van der Waals surface area contributed by atoms with Crippen molar-refractivity contribution in [3.63, 3.8) is 0 Å². The molecular formula is C19H20N6O4S. The number of hydrogen-bond acceptors (Lipinski definition) is 7. The third kappa shape index (κ3) is 4.37. The molecule has 2 aromatic carbocycles. The molecule has 0 saturated carbocycles. The number of morpholine rings is 1. The van der Waals surface area contributed by atoms with Crippen molar-refractivity contribution < 1.29 is 17.9 Å². The molecule has 11 heteroatoms. The third-order valence-electron chi connectivity index (χ3n) is 4.73. The van der Waals surface area contributed by atoms with E-state index in [0.717, 1.165) is 11.3 Å². The van der Waals surface area contributed by atoms with Crippen LogP contribution in [-0.2, 0) is 21.3 Å². The number of sulfonamides is 1. The van der Waals surface area contributed by atoms with Crippen LogP contribution < -0.4 is 5.32 Å². The van der Waals surface area contributed by atoms with Gasteiger partial charge in [-0.05, 0) is 52.4 Å². The number of carbonyl (C=O) groups is 1. The summed E-state index contributed by atoms with van der Waals surface area (Å²) >= 11 is 0. The molecule has 0 bridgehead atoms. The molecule has 0 radical (unpaired) electrons. The van der Waals surface area contributed by atoms with Gasteiger partial charge in [-0.25, -0.2) is 13.1 Å². The number of nitrogens with zero attached hydrogens (tertiary/aromatic N) is 5. The zero-order chi connectivity index (χ0) is 21.0. The SMILES string of the molecule is O=C(NCc1ccc(S(=O)(=O)N2CCOCC2)cc1)c1ccc(-n2cnnn2)cc1. The number of amides is 1. The van der Waals surface area contributed by atoms with Gasteiger partial charge in [-0.2, -0.15) is 4.31 Å². The number of tetrazole rings is 1. The van der Waals surface area contributed by atoms with E-state index in [1.165, 1.54) is 15.3 Å². The highest BCUT2D eigenvalue weighted by Crippen LogP contribution is 2.18. The maximum absolute atomic E-state index is 12.6. The molecule has 1 N–H and O–H groups in total. The van der Waals surface area contributed by atoms with E-state index >= 15 is 0 Å². The molecule has 1 fully saturated rings. The molecule has 10 nitrogen and oxygen atoms in total. The van der Waals surface area contributed by atoms with Gasteiger partial charge in [-0.1, -0.05) is 12.1 Å². The van der Waals surface area contributed by atoms with Gasteiger partial charge in [-0.15, -0.1) is 5.10 Å². The lowest BCUT2D eigenvalue weighted by Gasteiger charge is -2.26. The van der Waals surface area contributed by atoms with Crippen LogP contribution in [0.3, 0.4) is 0 Å². The minimum absolute atomic E-state index is 0.233. The summed E-state index contributed by atoms with van der Waals surface area (Å²) in [6.45, 7) is 1.80. The number of rotatable bonds is 6. The van der Waals surface area contributed by atoms with Gasteiger partial charge in [0.1, 0.15) is 6.33 Å². The van der Waals surface area contributed by atoms with Crippen LogP contribution in [-0.4, -0.2) is 65.1 Å². The van der Waals surface area contributed by atoms with Crippen LogP contribution in [0.15, 0.2) is 59.8 Å². The summed E-state index contributed by atoms with van der Waals surface area (Å²) in [7, 11) is -3.53. The van der Waals surface area contributed by atoms with Crippen LogP contribution in [0.2, 0.25) is 0 Å². The lowest BCUT2D eigenvalue weighted by Crippen LogP contribution is -2.40. The predicted molar refractivity (Wildman–Crippen MR) is 106 cm³/mol. The van der Waals surface area contributed by atoms with Crippen molar-refractivity contribution >= 4 is 15.9 Å². The summed E-state index contributed by atoms with van der Waals surface area (Å²) in [6, 6.07) is 13.4. The molecule has 0 spiro atoms. The molecule has 0 atom stereocenters. The van der Waals surface area contributed by atoms with E-state index in [9.17, 15) is 13.2 Å². The Bertz CT molecular complexity index is 1090. The Balaban J connectivity index is 1.36. The fourth-order valence-electron chi connectivity index (χ4n) is 3.04. The Kier molecular flexibility index (Phi) is 5.84. The Labute approximate surface area is 173 Å². The highest BCUT2D eigenvalue weighted by Gasteiger charge is 2.26. The summed E-state index contributed by atoms with van der Waals surface area (Å²) in [5, 5.41) is 13.8. The molecule has 4 rings (SSSR count). The molecule has 0 aliphatic carbocycles. The molecule has 1 amide bonds. The average molecular weight is 428 g/mol. The van der Waals surface area contributed by atoms with E-state index in [1.807, 2.05) is 0 Å². The Morgan fingerprint density at radius 2 is 1.73 bits per heavy atom. The van der Waals surface area contributed by atoms with Crippen molar-refractivity contribution in [2.24, 2.45) is 0 Å². The maximum Gasteiger partial charge on any atom is 0.251 e. The van der Waals surface area contributed by atoms with Crippen molar-refractivity contribution in [1.82, 2.24) is 29.8 Å². The van der Waals surface area contributed by atoms with Crippen molar-refractivity contribution in [2.75, 3.05) is 26.3 Å². The zero-order valence-electron chi connectivity index (χ0n) is 16.0. The largest absolute Gasteiger partial charge is 0.379 e. The Morgan fingerprint density at radius 3 is 2.37 bits per heavy atom. The molecule has 1 aliphatic heterocycles. The monoisotopic (exact) mass is 428 g/mol. The van der Waals surface area contributed by atoms with Gasteiger partial charge in [0.05, 0.1) is 23.8 Å². The third-order valence-corrected chi connectivity index (χ3v) is 6.64. The summed E-state index contributed by atoms with van der Waals surface area (Å²) in [5.74, 6) is -0.233. The lowest BCUT2D eigenvalue weighted by molar-refractivity contribution is 0.0730. The lowest BCUT2D eigenvalue weighted by atomic mass is 10.2. The number of nitrogens with one attached hydrogen (secondary N) is 1. The molecule has 3 aromatic rings. The summed E-state index contributed by atoms with van der Waals surface area (Å²) in [4.78, 5) is 12.6. The minimum atomic E-state index is -3.53. The van der Waals surface area contributed by atoms with Gasteiger partial charge in [0.15, 0.2) is 0 Å². The van der Waals surface area contributed by atoms with E-state index in [4.69, 9.17) is 4.74 Å². The first-order valence-corrected chi connectivity index (χ1v) is 10.8. The molecule has 1 aromatic heterocycles.